The Morgan fingerprint density at radius 2 is 2.04 bits per heavy atom. The van der Waals surface area contributed by atoms with E-state index in [4.69, 9.17) is 4.98 Å². The van der Waals surface area contributed by atoms with E-state index in [-0.39, 0.29) is 11.5 Å². The number of fused-ring (bicyclic) bond motifs is 1. The van der Waals surface area contributed by atoms with Crippen LogP contribution in [0.3, 0.4) is 0 Å². The maximum absolute atomic E-state index is 12.8. The number of carbonyl (C=O) groups excluding carboxylic acids is 1. The SMILES string of the molecule is CCCn1c(SCc2csc(N(CC)C(C)=O)n2)nc2ccccc2c1=O. The van der Waals surface area contributed by atoms with Crippen molar-refractivity contribution in [2.75, 3.05) is 11.4 Å². The number of anilines is 1. The average Bonchev–Trinajstić information content (AvgIpc) is 3.11. The molecule has 2 heterocycles. The Morgan fingerprint density at radius 3 is 2.74 bits per heavy atom. The number of aromatic nitrogens is 3. The number of rotatable bonds is 7. The van der Waals surface area contributed by atoms with Crippen LogP contribution in [0.15, 0.2) is 39.6 Å². The maximum atomic E-state index is 12.8. The molecular formula is C19H22N4O2S2. The van der Waals surface area contributed by atoms with Gasteiger partial charge in [0.25, 0.3) is 5.56 Å². The first-order valence-electron chi connectivity index (χ1n) is 8.90. The monoisotopic (exact) mass is 402 g/mol. The lowest BCUT2D eigenvalue weighted by atomic mass is 10.2. The van der Waals surface area contributed by atoms with Crippen LogP contribution in [0, 0.1) is 0 Å². The molecule has 0 spiro atoms. The van der Waals surface area contributed by atoms with Gasteiger partial charge in [-0.25, -0.2) is 9.97 Å². The first kappa shape index (κ1) is 19.6. The van der Waals surface area contributed by atoms with E-state index in [2.05, 4.69) is 4.98 Å². The molecule has 1 aromatic carbocycles. The summed E-state index contributed by atoms with van der Waals surface area (Å²) >= 11 is 2.96. The first-order chi connectivity index (χ1) is 13.0. The first-order valence-corrected chi connectivity index (χ1v) is 10.8. The van der Waals surface area contributed by atoms with E-state index in [1.807, 2.05) is 43.5 Å². The Labute approximate surface area is 166 Å². The van der Waals surface area contributed by atoms with Crippen molar-refractivity contribution in [3.05, 3.63) is 45.7 Å². The highest BCUT2D eigenvalue weighted by atomic mass is 32.2. The van der Waals surface area contributed by atoms with Crippen molar-refractivity contribution in [3.8, 4) is 0 Å². The van der Waals surface area contributed by atoms with Crippen LogP contribution in [0.5, 0.6) is 0 Å². The quantitative estimate of drug-likeness (QED) is 0.442. The molecule has 0 saturated heterocycles. The zero-order valence-electron chi connectivity index (χ0n) is 15.6. The van der Waals surface area contributed by atoms with Gasteiger partial charge in [0.05, 0.1) is 16.6 Å². The van der Waals surface area contributed by atoms with Crippen molar-refractivity contribution in [2.24, 2.45) is 0 Å². The van der Waals surface area contributed by atoms with Gasteiger partial charge in [-0.3, -0.25) is 19.1 Å². The summed E-state index contributed by atoms with van der Waals surface area (Å²) < 4.78 is 1.74. The van der Waals surface area contributed by atoms with Gasteiger partial charge in [-0.05, 0) is 25.5 Å². The third-order valence-corrected chi connectivity index (χ3v) is 6.01. The van der Waals surface area contributed by atoms with Gasteiger partial charge in [0, 0.05) is 31.1 Å². The van der Waals surface area contributed by atoms with Crippen molar-refractivity contribution in [2.45, 2.75) is 44.6 Å². The van der Waals surface area contributed by atoms with E-state index in [9.17, 15) is 9.59 Å². The summed E-state index contributed by atoms with van der Waals surface area (Å²) in [6.07, 6.45) is 0.860. The van der Waals surface area contributed by atoms with Gasteiger partial charge in [-0.15, -0.1) is 11.3 Å². The van der Waals surface area contributed by atoms with E-state index < -0.39 is 0 Å². The van der Waals surface area contributed by atoms with Crippen LogP contribution in [0.4, 0.5) is 5.13 Å². The van der Waals surface area contributed by atoms with Gasteiger partial charge in [-0.2, -0.15) is 0 Å². The van der Waals surface area contributed by atoms with Gasteiger partial charge in [0.2, 0.25) is 5.91 Å². The largest absolute Gasteiger partial charge is 0.289 e. The van der Waals surface area contributed by atoms with Crippen LogP contribution < -0.4 is 10.5 Å². The van der Waals surface area contributed by atoms with Crippen LogP contribution in [-0.2, 0) is 17.1 Å². The molecule has 3 aromatic rings. The van der Waals surface area contributed by atoms with Crippen LogP contribution >= 0.6 is 23.1 Å². The van der Waals surface area contributed by atoms with Crippen molar-refractivity contribution in [1.29, 1.82) is 0 Å². The summed E-state index contributed by atoms with van der Waals surface area (Å²) in [5.74, 6) is 0.583. The topological polar surface area (TPSA) is 68.1 Å². The van der Waals surface area contributed by atoms with Crippen molar-refractivity contribution in [1.82, 2.24) is 14.5 Å². The molecule has 0 aliphatic heterocycles. The van der Waals surface area contributed by atoms with E-state index in [1.165, 1.54) is 23.1 Å². The minimum Gasteiger partial charge on any atom is -0.289 e. The molecule has 0 unspecified atom stereocenters. The minimum atomic E-state index is -0.0148. The molecule has 1 amide bonds. The Hall–Kier alpha value is -2.19. The van der Waals surface area contributed by atoms with Crippen LogP contribution in [0.2, 0.25) is 0 Å². The molecule has 0 aliphatic carbocycles. The Bertz CT molecular complexity index is 1010. The van der Waals surface area contributed by atoms with Crippen LogP contribution in [-0.4, -0.2) is 27.0 Å². The number of nitrogens with zero attached hydrogens (tertiary/aromatic N) is 4. The molecule has 3 rings (SSSR count). The fourth-order valence-corrected chi connectivity index (χ4v) is 4.75. The lowest BCUT2D eigenvalue weighted by Crippen LogP contribution is -2.27. The maximum Gasteiger partial charge on any atom is 0.262 e. The molecule has 0 aliphatic rings. The van der Waals surface area contributed by atoms with E-state index in [0.717, 1.165) is 12.1 Å². The molecule has 0 bridgehead atoms. The van der Waals surface area contributed by atoms with Crippen LogP contribution in [0.25, 0.3) is 10.9 Å². The van der Waals surface area contributed by atoms with Gasteiger partial charge < -0.3 is 0 Å². The Balaban J connectivity index is 1.87. The fraction of sp³-hybridized carbons (Fsp3) is 0.368. The van der Waals surface area contributed by atoms with Gasteiger partial charge in [0.15, 0.2) is 10.3 Å². The molecular weight excluding hydrogens is 380 g/mol. The molecule has 2 aromatic heterocycles. The number of thiazole rings is 1. The number of para-hydroxylation sites is 1. The highest BCUT2D eigenvalue weighted by molar-refractivity contribution is 7.98. The smallest absolute Gasteiger partial charge is 0.262 e. The molecule has 0 radical (unpaired) electrons. The lowest BCUT2D eigenvalue weighted by Gasteiger charge is -2.14. The van der Waals surface area contributed by atoms with Gasteiger partial charge in [-0.1, -0.05) is 30.8 Å². The predicted molar refractivity (Wildman–Crippen MR) is 112 cm³/mol. The molecule has 0 N–H and O–H groups in total. The second-order valence-electron chi connectivity index (χ2n) is 6.04. The number of hydrogen-bond donors (Lipinski definition) is 0. The average molecular weight is 403 g/mol. The lowest BCUT2D eigenvalue weighted by molar-refractivity contribution is -0.116. The van der Waals surface area contributed by atoms with E-state index >= 15 is 0 Å². The summed E-state index contributed by atoms with van der Waals surface area (Å²) in [4.78, 5) is 35.4. The van der Waals surface area contributed by atoms with Crippen molar-refractivity contribution < 1.29 is 4.79 Å². The zero-order valence-corrected chi connectivity index (χ0v) is 17.3. The van der Waals surface area contributed by atoms with Crippen LogP contribution in [0.1, 0.15) is 32.9 Å². The number of hydrogen-bond acceptors (Lipinski definition) is 6. The van der Waals surface area contributed by atoms with Crippen molar-refractivity contribution >= 4 is 45.0 Å². The summed E-state index contributed by atoms with van der Waals surface area (Å²) in [6.45, 7) is 6.75. The van der Waals surface area contributed by atoms with E-state index in [0.29, 0.717) is 40.0 Å². The fourth-order valence-electron chi connectivity index (χ4n) is 2.80. The molecule has 0 atom stereocenters. The summed E-state index contributed by atoms with van der Waals surface area (Å²) in [5, 5.41) is 4.01. The Kier molecular flexibility index (Phi) is 6.28. The second-order valence-corrected chi connectivity index (χ2v) is 7.82. The van der Waals surface area contributed by atoms with Crippen molar-refractivity contribution in [3.63, 3.8) is 0 Å². The zero-order chi connectivity index (χ0) is 19.4. The number of benzene rings is 1. The van der Waals surface area contributed by atoms with E-state index in [1.54, 1.807) is 16.4 Å². The molecule has 142 valence electrons. The third-order valence-electron chi connectivity index (χ3n) is 4.09. The highest BCUT2D eigenvalue weighted by Crippen LogP contribution is 2.26. The predicted octanol–water partition coefficient (Wildman–Crippen LogP) is 3.93. The minimum absolute atomic E-state index is 0.00217. The second kappa shape index (κ2) is 8.67. The number of thioether (sulfide) groups is 1. The molecule has 0 fully saturated rings. The highest BCUT2D eigenvalue weighted by Gasteiger charge is 2.15. The number of carbonyl (C=O) groups is 1. The third kappa shape index (κ3) is 4.22. The summed E-state index contributed by atoms with van der Waals surface area (Å²) in [7, 11) is 0. The Morgan fingerprint density at radius 1 is 1.26 bits per heavy atom. The van der Waals surface area contributed by atoms with Gasteiger partial charge in [0.1, 0.15) is 0 Å². The molecule has 8 heteroatoms. The summed E-state index contributed by atoms with van der Waals surface area (Å²) in [5.41, 5.74) is 1.59. The van der Waals surface area contributed by atoms with Gasteiger partial charge >= 0.3 is 0 Å². The normalized spacial score (nSPS) is 11.1. The molecule has 27 heavy (non-hydrogen) atoms. The number of amides is 1. The molecule has 0 saturated carbocycles. The molecule has 6 nitrogen and oxygen atoms in total. The standard InChI is InChI=1S/C19H22N4O2S2/c1-4-10-23-17(25)15-8-6-7-9-16(15)21-19(23)27-12-14-11-26-18(20-14)22(5-2)13(3)24/h6-9,11H,4-5,10,12H2,1-3H3. The summed E-state index contributed by atoms with van der Waals surface area (Å²) in [6, 6.07) is 7.43.